The van der Waals surface area contributed by atoms with E-state index in [2.05, 4.69) is 9.71 Å². The van der Waals surface area contributed by atoms with E-state index in [0.29, 0.717) is 12.4 Å². The molecule has 0 saturated heterocycles. The molecule has 27 heavy (non-hydrogen) atoms. The molecule has 5 nitrogen and oxygen atoms in total. The number of thiazole rings is 1. The minimum absolute atomic E-state index is 0.00468. The summed E-state index contributed by atoms with van der Waals surface area (Å²) < 4.78 is 34.9. The smallest absolute Gasteiger partial charge is 0.244 e. The van der Waals surface area contributed by atoms with Crippen molar-refractivity contribution in [2.45, 2.75) is 69.7 Å². The van der Waals surface area contributed by atoms with Crippen molar-refractivity contribution in [3.63, 3.8) is 0 Å². The Bertz CT molecular complexity index is 854. The Kier molecular flexibility index (Phi) is 6.89. The molecule has 0 radical (unpaired) electrons. The first-order chi connectivity index (χ1) is 13.0. The van der Waals surface area contributed by atoms with E-state index in [-0.39, 0.29) is 10.9 Å². The number of ether oxygens (including phenoxy) is 1. The van der Waals surface area contributed by atoms with Crippen molar-refractivity contribution in [3.05, 3.63) is 28.6 Å². The zero-order chi connectivity index (χ0) is 19.3. The van der Waals surface area contributed by atoms with Crippen LogP contribution in [-0.2, 0) is 10.0 Å². The molecule has 7 heteroatoms. The van der Waals surface area contributed by atoms with Gasteiger partial charge in [0.1, 0.15) is 10.6 Å². The van der Waals surface area contributed by atoms with Crippen LogP contribution in [0.1, 0.15) is 56.9 Å². The Morgan fingerprint density at radius 3 is 2.52 bits per heavy atom. The van der Waals surface area contributed by atoms with Crippen LogP contribution in [0.25, 0.3) is 11.3 Å². The molecular weight excluding hydrogens is 380 g/mol. The molecule has 0 unspecified atom stereocenters. The molecule has 1 aromatic heterocycles. The zero-order valence-corrected chi connectivity index (χ0v) is 17.7. The number of aromatic nitrogens is 1. The first kappa shape index (κ1) is 20.3. The summed E-state index contributed by atoms with van der Waals surface area (Å²) in [4.78, 5) is 4.68. The van der Waals surface area contributed by atoms with Crippen molar-refractivity contribution in [1.29, 1.82) is 0 Å². The topological polar surface area (TPSA) is 68.3 Å². The number of sulfonamides is 1. The highest BCUT2D eigenvalue weighted by molar-refractivity contribution is 7.89. The fourth-order valence-electron chi connectivity index (χ4n) is 3.51. The van der Waals surface area contributed by atoms with Gasteiger partial charge in [-0.15, -0.1) is 11.3 Å². The monoisotopic (exact) mass is 408 g/mol. The molecule has 0 atom stereocenters. The van der Waals surface area contributed by atoms with Crippen LogP contribution in [0.3, 0.4) is 0 Å². The molecule has 0 aliphatic heterocycles. The lowest BCUT2D eigenvalue weighted by molar-refractivity contribution is 0.330. The average molecular weight is 409 g/mol. The Morgan fingerprint density at radius 2 is 1.89 bits per heavy atom. The van der Waals surface area contributed by atoms with Crippen LogP contribution in [-0.4, -0.2) is 26.1 Å². The third-order valence-electron chi connectivity index (χ3n) is 4.87. The van der Waals surface area contributed by atoms with Crippen molar-refractivity contribution in [2.24, 2.45) is 0 Å². The van der Waals surface area contributed by atoms with E-state index in [9.17, 15) is 8.42 Å². The molecular formula is C20H28N2O3S2. The number of nitrogens with zero attached hydrogens (tertiary/aromatic N) is 1. The third-order valence-corrected chi connectivity index (χ3v) is 7.19. The SMILES string of the molecule is CCOc1ccc(-c2csc(C)n2)cc1S(=O)(=O)NC1CCCCCCC1. The van der Waals surface area contributed by atoms with Gasteiger partial charge in [0.05, 0.1) is 17.3 Å². The van der Waals surface area contributed by atoms with Gasteiger partial charge in [0.2, 0.25) is 10.0 Å². The molecule has 1 fully saturated rings. The molecule has 0 bridgehead atoms. The number of benzene rings is 1. The Balaban J connectivity index is 1.91. The standard InChI is InChI=1S/C20H28N2O3S2/c1-3-25-19-12-11-16(18-14-26-15(2)21-18)13-20(19)27(23,24)22-17-9-7-5-4-6-8-10-17/h11-14,17,22H,3-10H2,1-2H3. The largest absolute Gasteiger partial charge is 0.492 e. The van der Waals surface area contributed by atoms with E-state index in [1.54, 1.807) is 23.5 Å². The van der Waals surface area contributed by atoms with Gasteiger partial charge in [-0.2, -0.15) is 0 Å². The fourth-order valence-corrected chi connectivity index (χ4v) is 5.60. The van der Waals surface area contributed by atoms with E-state index in [1.165, 1.54) is 19.3 Å². The predicted octanol–water partition coefficient (Wildman–Crippen LogP) is 4.91. The molecule has 1 saturated carbocycles. The zero-order valence-electron chi connectivity index (χ0n) is 16.0. The van der Waals surface area contributed by atoms with Gasteiger partial charge in [0, 0.05) is 17.0 Å². The maximum absolute atomic E-state index is 13.2. The minimum atomic E-state index is -3.66. The highest BCUT2D eigenvalue weighted by atomic mass is 32.2. The van der Waals surface area contributed by atoms with E-state index in [4.69, 9.17) is 4.74 Å². The van der Waals surface area contributed by atoms with Gasteiger partial charge in [0.25, 0.3) is 0 Å². The second kappa shape index (κ2) is 9.17. The lowest BCUT2D eigenvalue weighted by Gasteiger charge is -2.22. The van der Waals surface area contributed by atoms with E-state index in [1.807, 2.05) is 25.3 Å². The highest BCUT2D eigenvalue weighted by Crippen LogP contribution is 2.31. The van der Waals surface area contributed by atoms with Crippen molar-refractivity contribution < 1.29 is 13.2 Å². The normalized spacial score (nSPS) is 16.7. The number of hydrogen-bond acceptors (Lipinski definition) is 5. The Labute approximate surface area is 166 Å². The molecule has 148 valence electrons. The summed E-state index contributed by atoms with van der Waals surface area (Å²) in [6, 6.07) is 5.29. The van der Waals surface area contributed by atoms with Crippen LogP contribution in [0.5, 0.6) is 5.75 Å². The van der Waals surface area contributed by atoms with Gasteiger partial charge >= 0.3 is 0 Å². The number of nitrogens with one attached hydrogen (secondary N) is 1. The van der Waals surface area contributed by atoms with Crippen LogP contribution >= 0.6 is 11.3 Å². The van der Waals surface area contributed by atoms with Gasteiger partial charge in [0.15, 0.2) is 0 Å². The lowest BCUT2D eigenvalue weighted by Crippen LogP contribution is -2.35. The van der Waals surface area contributed by atoms with Gasteiger partial charge in [-0.1, -0.05) is 32.1 Å². The van der Waals surface area contributed by atoms with E-state index < -0.39 is 10.0 Å². The Hall–Kier alpha value is -1.44. The molecule has 1 aromatic carbocycles. The quantitative estimate of drug-likeness (QED) is 0.737. The predicted molar refractivity (Wildman–Crippen MR) is 110 cm³/mol. The molecule has 0 spiro atoms. The molecule has 1 heterocycles. The maximum atomic E-state index is 13.2. The van der Waals surface area contributed by atoms with Crippen LogP contribution < -0.4 is 9.46 Å². The summed E-state index contributed by atoms with van der Waals surface area (Å²) in [5.41, 5.74) is 1.59. The number of hydrogen-bond donors (Lipinski definition) is 1. The summed E-state index contributed by atoms with van der Waals surface area (Å²) in [6.07, 6.45) is 7.56. The van der Waals surface area contributed by atoms with Gasteiger partial charge in [-0.3, -0.25) is 0 Å². The molecule has 1 aliphatic rings. The fraction of sp³-hybridized carbons (Fsp3) is 0.550. The van der Waals surface area contributed by atoms with Crippen LogP contribution in [0, 0.1) is 6.92 Å². The summed E-state index contributed by atoms with van der Waals surface area (Å²) in [5, 5.41) is 2.90. The Morgan fingerprint density at radius 1 is 1.19 bits per heavy atom. The van der Waals surface area contributed by atoms with Crippen LogP contribution in [0.4, 0.5) is 0 Å². The summed E-state index contributed by atoms with van der Waals surface area (Å²) in [5.74, 6) is 0.395. The second-order valence-electron chi connectivity index (χ2n) is 7.01. The number of rotatable bonds is 6. The van der Waals surface area contributed by atoms with Crippen LogP contribution in [0.15, 0.2) is 28.5 Å². The maximum Gasteiger partial charge on any atom is 0.244 e. The highest BCUT2D eigenvalue weighted by Gasteiger charge is 2.25. The van der Waals surface area contributed by atoms with Crippen LogP contribution in [0.2, 0.25) is 0 Å². The van der Waals surface area contributed by atoms with Gasteiger partial charge in [-0.05, 0) is 44.9 Å². The minimum Gasteiger partial charge on any atom is -0.492 e. The molecule has 3 rings (SSSR count). The first-order valence-electron chi connectivity index (χ1n) is 9.71. The third kappa shape index (κ3) is 5.30. The van der Waals surface area contributed by atoms with Crippen molar-refractivity contribution in [3.8, 4) is 17.0 Å². The molecule has 1 aliphatic carbocycles. The summed E-state index contributed by atoms with van der Waals surface area (Å²) >= 11 is 1.55. The van der Waals surface area contributed by atoms with E-state index >= 15 is 0 Å². The second-order valence-corrected chi connectivity index (χ2v) is 9.75. The van der Waals surface area contributed by atoms with Gasteiger partial charge in [-0.25, -0.2) is 18.1 Å². The molecule has 2 aromatic rings. The first-order valence-corrected chi connectivity index (χ1v) is 12.1. The summed E-state index contributed by atoms with van der Waals surface area (Å²) in [7, 11) is -3.66. The lowest BCUT2D eigenvalue weighted by atomic mass is 9.97. The van der Waals surface area contributed by atoms with Crippen molar-refractivity contribution in [1.82, 2.24) is 9.71 Å². The summed E-state index contributed by atoms with van der Waals surface area (Å²) in [6.45, 7) is 4.22. The number of aryl methyl sites for hydroxylation is 1. The van der Waals surface area contributed by atoms with Gasteiger partial charge < -0.3 is 4.74 Å². The van der Waals surface area contributed by atoms with E-state index in [0.717, 1.165) is 41.9 Å². The molecule has 1 N–H and O–H groups in total. The van der Waals surface area contributed by atoms with Crippen molar-refractivity contribution >= 4 is 21.4 Å². The average Bonchev–Trinajstić information content (AvgIpc) is 3.04. The molecule has 0 amide bonds. The van der Waals surface area contributed by atoms with Crippen molar-refractivity contribution in [2.75, 3.05) is 6.61 Å².